The highest BCUT2D eigenvalue weighted by Gasteiger charge is 2.35. The highest BCUT2D eigenvalue weighted by molar-refractivity contribution is 7.92. The first kappa shape index (κ1) is 32.9. The van der Waals surface area contributed by atoms with Gasteiger partial charge in [-0.15, -0.1) is 0 Å². The number of sulfonamides is 1. The van der Waals surface area contributed by atoms with Crippen molar-refractivity contribution < 1.29 is 31.2 Å². The van der Waals surface area contributed by atoms with Crippen LogP contribution in [0.1, 0.15) is 43.9 Å². The van der Waals surface area contributed by atoms with E-state index < -0.39 is 46.2 Å². The van der Waals surface area contributed by atoms with E-state index in [0.717, 1.165) is 17.7 Å². The number of hydrogen-bond acceptors (Lipinski definition) is 4. The molecule has 0 aliphatic heterocycles. The van der Waals surface area contributed by atoms with Crippen LogP contribution in [-0.2, 0) is 32.3 Å². The molecule has 226 valence electrons. The number of nitrogens with zero attached hydrogens (tertiary/aromatic N) is 2. The molecule has 0 radical (unpaired) electrons. The third-order valence-electron chi connectivity index (χ3n) is 6.78. The molecule has 0 aliphatic rings. The number of amides is 2. The second-order valence-corrected chi connectivity index (χ2v) is 12.3. The minimum Gasteiger partial charge on any atom is -0.352 e. The maximum Gasteiger partial charge on any atom is 0.416 e. The summed E-state index contributed by atoms with van der Waals surface area (Å²) in [5, 5.41) is 3.28. The van der Waals surface area contributed by atoms with Crippen LogP contribution in [0.3, 0.4) is 0 Å². The van der Waals surface area contributed by atoms with Gasteiger partial charge >= 0.3 is 6.18 Å². The number of aryl methyl sites for hydroxylation is 1. The van der Waals surface area contributed by atoms with Crippen molar-refractivity contribution in [2.75, 3.05) is 10.8 Å². The van der Waals surface area contributed by atoms with E-state index >= 15 is 0 Å². The molecule has 0 aliphatic carbocycles. The third-order valence-corrected chi connectivity index (χ3v) is 8.82. The maximum absolute atomic E-state index is 13.9. The summed E-state index contributed by atoms with van der Waals surface area (Å²) in [7, 11) is -4.51. The summed E-state index contributed by atoms with van der Waals surface area (Å²) in [5.41, 5.74) is -0.0355. The van der Waals surface area contributed by atoms with E-state index in [-0.39, 0.29) is 23.2 Å². The van der Waals surface area contributed by atoms with Gasteiger partial charge in [0.1, 0.15) is 12.6 Å². The molecule has 0 saturated heterocycles. The van der Waals surface area contributed by atoms with Crippen molar-refractivity contribution in [2.45, 2.75) is 63.8 Å². The number of anilines is 1. The average molecular weight is 624 g/mol. The summed E-state index contributed by atoms with van der Waals surface area (Å²) in [5.74, 6) is -1.25. The SMILES string of the molecule is CC[C@@H](C)NC(=O)[C@H](C)N(Cc1ccc(Cl)cc1)C(=O)CN(c1cccc(C(F)(F)F)c1)S(=O)(=O)c1ccc(C)cc1. The molecule has 0 fully saturated rings. The Bertz CT molecular complexity index is 1500. The Kier molecular flexibility index (Phi) is 10.7. The van der Waals surface area contributed by atoms with Gasteiger partial charge < -0.3 is 10.2 Å². The van der Waals surface area contributed by atoms with Crippen molar-refractivity contribution >= 4 is 39.1 Å². The zero-order chi connectivity index (χ0) is 31.2. The molecular weight excluding hydrogens is 591 g/mol. The van der Waals surface area contributed by atoms with Crippen LogP contribution >= 0.6 is 11.6 Å². The molecule has 2 amide bonds. The Morgan fingerprint density at radius 1 is 0.976 bits per heavy atom. The quantitative estimate of drug-likeness (QED) is 0.276. The molecule has 3 aromatic rings. The van der Waals surface area contributed by atoms with Crippen LogP contribution in [0.25, 0.3) is 0 Å². The molecule has 2 atom stereocenters. The van der Waals surface area contributed by atoms with Gasteiger partial charge in [0.25, 0.3) is 10.0 Å². The lowest BCUT2D eigenvalue weighted by Crippen LogP contribution is -2.52. The molecule has 0 unspecified atom stereocenters. The van der Waals surface area contributed by atoms with E-state index in [0.29, 0.717) is 27.4 Å². The number of halogens is 4. The van der Waals surface area contributed by atoms with Gasteiger partial charge in [-0.05, 0) is 75.2 Å². The number of carbonyl (C=O) groups excluding carboxylic acids is 2. The smallest absolute Gasteiger partial charge is 0.352 e. The summed E-state index contributed by atoms with van der Waals surface area (Å²) < 4.78 is 69.1. The fourth-order valence-electron chi connectivity index (χ4n) is 4.04. The number of hydrogen-bond donors (Lipinski definition) is 1. The van der Waals surface area contributed by atoms with Crippen molar-refractivity contribution in [1.29, 1.82) is 0 Å². The number of rotatable bonds is 11. The molecule has 42 heavy (non-hydrogen) atoms. The number of carbonyl (C=O) groups is 2. The van der Waals surface area contributed by atoms with E-state index in [1.54, 1.807) is 50.2 Å². The Balaban J connectivity index is 2.08. The van der Waals surface area contributed by atoms with Crippen LogP contribution in [0.15, 0.2) is 77.7 Å². The highest BCUT2D eigenvalue weighted by atomic mass is 35.5. The molecule has 0 bridgehead atoms. The largest absolute Gasteiger partial charge is 0.416 e. The van der Waals surface area contributed by atoms with Gasteiger partial charge in [0.15, 0.2) is 0 Å². The number of benzene rings is 3. The average Bonchev–Trinajstić information content (AvgIpc) is 2.94. The summed E-state index contributed by atoms with van der Waals surface area (Å²) in [6.07, 6.45) is -4.11. The fourth-order valence-corrected chi connectivity index (χ4v) is 5.57. The third kappa shape index (κ3) is 8.25. The van der Waals surface area contributed by atoms with Crippen LogP contribution in [0.5, 0.6) is 0 Å². The van der Waals surface area contributed by atoms with E-state index in [2.05, 4.69) is 5.32 Å². The second-order valence-electron chi connectivity index (χ2n) is 10.0. The van der Waals surface area contributed by atoms with Gasteiger partial charge in [0, 0.05) is 17.6 Å². The summed E-state index contributed by atoms with van der Waals surface area (Å²) in [6, 6.07) is 14.8. The summed E-state index contributed by atoms with van der Waals surface area (Å²) >= 11 is 6.00. The van der Waals surface area contributed by atoms with Crippen molar-refractivity contribution in [3.05, 3.63) is 94.5 Å². The molecule has 7 nitrogen and oxygen atoms in total. The van der Waals surface area contributed by atoms with Crippen molar-refractivity contribution in [1.82, 2.24) is 10.2 Å². The molecule has 0 aromatic heterocycles. The highest BCUT2D eigenvalue weighted by Crippen LogP contribution is 2.33. The van der Waals surface area contributed by atoms with Gasteiger partial charge in [-0.2, -0.15) is 13.2 Å². The standard InChI is InChI=1S/C30H33ClF3N3O4S/c1-5-21(3)35-29(39)22(4)36(18-23-11-13-25(31)14-12-23)28(38)19-37(26-8-6-7-24(17-26)30(32,33)34)42(40,41)27-15-9-20(2)10-16-27/h6-17,21-22H,5,18-19H2,1-4H3,(H,35,39)/t21-,22+/m1/s1. The van der Waals surface area contributed by atoms with Crippen LogP contribution in [0.2, 0.25) is 5.02 Å². The topological polar surface area (TPSA) is 86.8 Å². The molecule has 3 aromatic carbocycles. The van der Waals surface area contributed by atoms with Crippen molar-refractivity contribution in [3.8, 4) is 0 Å². The Morgan fingerprint density at radius 3 is 2.17 bits per heavy atom. The predicted molar refractivity (Wildman–Crippen MR) is 157 cm³/mol. The monoisotopic (exact) mass is 623 g/mol. The molecule has 3 rings (SSSR count). The lowest BCUT2D eigenvalue weighted by molar-refractivity contribution is -0.139. The first-order chi connectivity index (χ1) is 19.6. The molecular formula is C30H33ClF3N3O4S. The second kappa shape index (κ2) is 13.6. The molecule has 1 N–H and O–H groups in total. The van der Waals surface area contributed by atoms with E-state index in [1.165, 1.54) is 30.0 Å². The van der Waals surface area contributed by atoms with Crippen LogP contribution in [0, 0.1) is 6.92 Å². The minimum absolute atomic E-state index is 0.0773. The zero-order valence-corrected chi connectivity index (χ0v) is 25.2. The first-order valence-electron chi connectivity index (χ1n) is 13.2. The lowest BCUT2D eigenvalue weighted by atomic mass is 10.1. The van der Waals surface area contributed by atoms with Crippen molar-refractivity contribution in [2.24, 2.45) is 0 Å². The van der Waals surface area contributed by atoms with Crippen molar-refractivity contribution in [3.63, 3.8) is 0 Å². The van der Waals surface area contributed by atoms with Gasteiger partial charge in [0.2, 0.25) is 11.8 Å². The van der Waals surface area contributed by atoms with Gasteiger partial charge in [-0.1, -0.05) is 54.4 Å². The summed E-state index contributed by atoms with van der Waals surface area (Å²) in [6.45, 7) is 6.02. The van der Waals surface area contributed by atoms with Gasteiger partial charge in [0.05, 0.1) is 16.1 Å². The van der Waals surface area contributed by atoms with E-state index in [1.807, 2.05) is 6.92 Å². The Labute approximate surface area is 249 Å². The lowest BCUT2D eigenvalue weighted by Gasteiger charge is -2.32. The number of alkyl halides is 3. The predicted octanol–water partition coefficient (Wildman–Crippen LogP) is 6.19. The number of nitrogens with one attached hydrogen (secondary N) is 1. The first-order valence-corrected chi connectivity index (χ1v) is 15.1. The minimum atomic E-state index is -4.75. The van der Waals surface area contributed by atoms with Crippen LogP contribution in [-0.4, -0.2) is 43.8 Å². The fraction of sp³-hybridized carbons (Fsp3) is 0.333. The molecule has 0 heterocycles. The van der Waals surface area contributed by atoms with E-state index in [4.69, 9.17) is 11.6 Å². The maximum atomic E-state index is 13.9. The molecule has 12 heteroatoms. The van der Waals surface area contributed by atoms with Gasteiger partial charge in [-0.25, -0.2) is 8.42 Å². The zero-order valence-electron chi connectivity index (χ0n) is 23.7. The van der Waals surface area contributed by atoms with E-state index in [9.17, 15) is 31.2 Å². The molecule has 0 spiro atoms. The Hall–Kier alpha value is -3.57. The normalized spacial score (nSPS) is 13.2. The molecule has 0 saturated carbocycles. The Morgan fingerprint density at radius 2 is 1.60 bits per heavy atom. The van der Waals surface area contributed by atoms with Crippen LogP contribution in [0.4, 0.5) is 18.9 Å². The van der Waals surface area contributed by atoms with Gasteiger partial charge in [-0.3, -0.25) is 13.9 Å². The summed E-state index contributed by atoms with van der Waals surface area (Å²) in [4.78, 5) is 28.0. The van der Waals surface area contributed by atoms with Crippen LogP contribution < -0.4 is 9.62 Å².